The van der Waals surface area contributed by atoms with Crippen LogP contribution in [0.15, 0.2) is 72.8 Å². The summed E-state index contributed by atoms with van der Waals surface area (Å²) < 4.78 is 5.07. The Morgan fingerprint density at radius 3 is 2.36 bits per heavy atom. The van der Waals surface area contributed by atoms with E-state index in [9.17, 15) is 14.4 Å². The quantitative estimate of drug-likeness (QED) is 0.446. The lowest BCUT2D eigenvalue weighted by atomic mass is 9.97. The van der Waals surface area contributed by atoms with Crippen molar-refractivity contribution in [3.05, 3.63) is 95.1 Å². The zero-order chi connectivity index (χ0) is 23.5. The number of hydrogen-bond donors (Lipinski definition) is 2. The molecular weight excluding hydrogens is 418 g/mol. The normalized spacial score (nSPS) is 13.7. The highest BCUT2D eigenvalue weighted by molar-refractivity contribution is 6.37. The average Bonchev–Trinajstić information content (AvgIpc) is 3.15. The van der Waals surface area contributed by atoms with Crippen molar-refractivity contribution in [1.82, 2.24) is 0 Å². The van der Waals surface area contributed by atoms with E-state index in [0.717, 1.165) is 5.56 Å². The Morgan fingerprint density at radius 1 is 0.970 bits per heavy atom. The number of primary amides is 1. The minimum absolute atomic E-state index is 0.260. The van der Waals surface area contributed by atoms with Gasteiger partial charge in [-0.25, -0.2) is 4.79 Å². The van der Waals surface area contributed by atoms with E-state index in [1.54, 1.807) is 61.3 Å². The van der Waals surface area contributed by atoms with Crippen LogP contribution in [-0.2, 0) is 9.53 Å². The van der Waals surface area contributed by atoms with Gasteiger partial charge in [-0.3, -0.25) is 9.59 Å². The molecule has 2 amide bonds. The summed E-state index contributed by atoms with van der Waals surface area (Å²) in [5, 5.41) is 2.86. The number of nitrogens with two attached hydrogens (primary N) is 1. The third-order valence-corrected chi connectivity index (χ3v) is 5.43. The number of ether oxygens (including phenoxy) is 1. The minimum Gasteiger partial charge on any atom is -0.462 e. The van der Waals surface area contributed by atoms with Crippen LogP contribution >= 0.6 is 0 Å². The topological polar surface area (TPSA) is 102 Å². The van der Waals surface area contributed by atoms with E-state index in [1.807, 2.05) is 30.3 Å². The second-order valence-corrected chi connectivity index (χ2v) is 7.47. The number of benzene rings is 3. The first-order valence-electron chi connectivity index (χ1n) is 10.5. The van der Waals surface area contributed by atoms with Crippen molar-refractivity contribution in [2.24, 2.45) is 5.73 Å². The molecule has 0 fully saturated rings. The van der Waals surface area contributed by atoms with E-state index < -0.39 is 11.9 Å². The zero-order valence-corrected chi connectivity index (χ0v) is 18.3. The molecule has 3 N–H and O–H groups in total. The van der Waals surface area contributed by atoms with Crippen LogP contribution in [0.5, 0.6) is 0 Å². The molecule has 0 saturated carbocycles. The molecule has 0 aromatic heterocycles. The number of nitrogens with one attached hydrogen (secondary N) is 1. The van der Waals surface area contributed by atoms with E-state index in [2.05, 4.69) is 5.32 Å². The molecule has 7 heteroatoms. The first-order chi connectivity index (χ1) is 15.9. The number of fused-ring (bicyclic) bond motifs is 1. The highest BCUT2D eigenvalue weighted by atomic mass is 16.5. The number of para-hydroxylation sites is 1. The summed E-state index contributed by atoms with van der Waals surface area (Å²) >= 11 is 0. The minimum atomic E-state index is -0.565. The Labute approximate surface area is 191 Å². The number of anilines is 2. The molecule has 0 atom stereocenters. The highest BCUT2D eigenvalue weighted by Crippen LogP contribution is 2.40. The van der Waals surface area contributed by atoms with Gasteiger partial charge in [-0.05, 0) is 36.8 Å². The van der Waals surface area contributed by atoms with Crippen molar-refractivity contribution in [2.75, 3.05) is 23.9 Å². The van der Waals surface area contributed by atoms with Crippen LogP contribution in [0.3, 0.4) is 0 Å². The molecule has 1 aliphatic rings. The maximum atomic E-state index is 13.2. The lowest BCUT2D eigenvalue weighted by molar-refractivity contribution is -0.110. The first kappa shape index (κ1) is 21.8. The van der Waals surface area contributed by atoms with Gasteiger partial charge in [0.15, 0.2) is 0 Å². The van der Waals surface area contributed by atoms with Crippen molar-refractivity contribution in [2.45, 2.75) is 6.92 Å². The lowest BCUT2D eigenvalue weighted by Gasteiger charge is -2.26. The van der Waals surface area contributed by atoms with E-state index in [-0.39, 0.29) is 12.5 Å². The molecule has 33 heavy (non-hydrogen) atoms. The predicted molar refractivity (Wildman–Crippen MR) is 128 cm³/mol. The van der Waals surface area contributed by atoms with Gasteiger partial charge in [-0.1, -0.05) is 48.5 Å². The molecule has 0 radical (unpaired) electrons. The molecule has 7 nitrogen and oxygen atoms in total. The van der Waals surface area contributed by atoms with Crippen LogP contribution in [0.1, 0.15) is 38.8 Å². The smallest absolute Gasteiger partial charge is 0.338 e. The molecule has 3 aromatic rings. The van der Waals surface area contributed by atoms with Crippen molar-refractivity contribution in [3.63, 3.8) is 0 Å². The standard InChI is InChI=1S/C26H23N3O4/c1-3-33-26(32)17-13-14-18-20(15-17)28-25(31)22(18)23(16-9-5-4-6-10-16)29(2)21-12-8-7-11-19(21)24(27)30/h4-15H,3H2,1-2H3,(H2,27,30)(H,28,31). The van der Waals surface area contributed by atoms with Gasteiger partial charge in [0.05, 0.1) is 40.4 Å². The summed E-state index contributed by atoms with van der Waals surface area (Å²) in [6.07, 6.45) is 0. The number of esters is 1. The third kappa shape index (κ3) is 4.08. The Bertz CT molecular complexity index is 1280. The summed E-state index contributed by atoms with van der Waals surface area (Å²) in [7, 11) is 1.79. The van der Waals surface area contributed by atoms with Crippen LogP contribution in [0.4, 0.5) is 11.4 Å². The monoisotopic (exact) mass is 441 g/mol. The summed E-state index contributed by atoms with van der Waals surface area (Å²) in [5.41, 5.74) is 9.85. The molecule has 4 rings (SSSR count). The third-order valence-electron chi connectivity index (χ3n) is 5.43. The highest BCUT2D eigenvalue weighted by Gasteiger charge is 2.31. The van der Waals surface area contributed by atoms with Crippen molar-refractivity contribution >= 4 is 40.4 Å². The van der Waals surface area contributed by atoms with Gasteiger partial charge in [-0.15, -0.1) is 0 Å². The Morgan fingerprint density at radius 2 is 1.67 bits per heavy atom. The van der Waals surface area contributed by atoms with Gasteiger partial charge in [0.1, 0.15) is 0 Å². The van der Waals surface area contributed by atoms with Crippen LogP contribution in [0.25, 0.3) is 11.3 Å². The molecule has 3 aromatic carbocycles. The second-order valence-electron chi connectivity index (χ2n) is 7.47. The average molecular weight is 441 g/mol. The largest absolute Gasteiger partial charge is 0.462 e. The first-order valence-corrected chi connectivity index (χ1v) is 10.5. The van der Waals surface area contributed by atoms with Gasteiger partial charge in [-0.2, -0.15) is 0 Å². The van der Waals surface area contributed by atoms with Gasteiger partial charge in [0.25, 0.3) is 11.8 Å². The van der Waals surface area contributed by atoms with E-state index >= 15 is 0 Å². The molecule has 0 spiro atoms. The molecule has 0 bridgehead atoms. The molecule has 0 aliphatic carbocycles. The summed E-state index contributed by atoms with van der Waals surface area (Å²) in [4.78, 5) is 39.2. The van der Waals surface area contributed by atoms with E-state index in [1.165, 1.54) is 0 Å². The van der Waals surface area contributed by atoms with E-state index in [0.29, 0.717) is 39.3 Å². The number of amides is 2. The van der Waals surface area contributed by atoms with Crippen LogP contribution in [0, 0.1) is 0 Å². The Hall–Kier alpha value is -4.39. The number of carbonyl (C=O) groups excluding carboxylic acids is 3. The van der Waals surface area contributed by atoms with Gasteiger partial charge in [0.2, 0.25) is 0 Å². The van der Waals surface area contributed by atoms with Crippen molar-refractivity contribution in [3.8, 4) is 0 Å². The molecule has 0 unspecified atom stereocenters. The molecule has 0 saturated heterocycles. The van der Waals surface area contributed by atoms with Crippen molar-refractivity contribution in [1.29, 1.82) is 0 Å². The van der Waals surface area contributed by atoms with Gasteiger partial charge < -0.3 is 20.7 Å². The molecular formula is C26H23N3O4. The molecule has 1 aliphatic heterocycles. The number of nitrogens with zero attached hydrogens (tertiary/aromatic N) is 1. The number of carbonyl (C=O) groups is 3. The Kier molecular flexibility index (Phi) is 5.95. The molecule has 166 valence electrons. The summed E-state index contributed by atoms with van der Waals surface area (Å²) in [5.74, 6) is -1.33. The zero-order valence-electron chi connectivity index (χ0n) is 18.3. The fourth-order valence-corrected chi connectivity index (χ4v) is 3.95. The number of rotatable bonds is 6. The maximum absolute atomic E-state index is 13.2. The summed E-state index contributed by atoms with van der Waals surface area (Å²) in [6.45, 7) is 2.00. The van der Waals surface area contributed by atoms with E-state index in [4.69, 9.17) is 10.5 Å². The fourth-order valence-electron chi connectivity index (χ4n) is 3.95. The van der Waals surface area contributed by atoms with Crippen molar-refractivity contribution < 1.29 is 19.1 Å². The predicted octanol–water partition coefficient (Wildman–Crippen LogP) is 3.92. The fraction of sp³-hybridized carbons (Fsp3) is 0.115. The molecule has 1 heterocycles. The van der Waals surface area contributed by atoms with Crippen LogP contribution in [0.2, 0.25) is 0 Å². The van der Waals surface area contributed by atoms with Gasteiger partial charge in [0, 0.05) is 12.6 Å². The second kappa shape index (κ2) is 9.00. The lowest BCUT2D eigenvalue weighted by Crippen LogP contribution is -2.23. The summed E-state index contributed by atoms with van der Waals surface area (Å²) in [6, 6.07) is 21.4. The maximum Gasteiger partial charge on any atom is 0.338 e. The number of hydrogen-bond acceptors (Lipinski definition) is 5. The van der Waals surface area contributed by atoms with Gasteiger partial charge >= 0.3 is 5.97 Å². The van der Waals surface area contributed by atoms with Crippen LogP contribution < -0.4 is 16.0 Å². The SMILES string of the molecule is CCOC(=O)c1ccc2c(c1)NC(=O)C2=C(c1ccccc1)N(C)c1ccccc1C(N)=O. The Balaban J connectivity index is 1.93. The van der Waals surface area contributed by atoms with Crippen LogP contribution in [-0.4, -0.2) is 31.4 Å².